The minimum absolute atomic E-state index is 0.0444. The number of nitrogens with zero attached hydrogens (tertiary/aromatic N) is 5. The van der Waals surface area contributed by atoms with Gasteiger partial charge in [0.2, 0.25) is 11.6 Å². The third kappa shape index (κ3) is 5.49. The first-order valence-corrected chi connectivity index (χ1v) is 10.5. The fourth-order valence-electron chi connectivity index (χ4n) is 3.07. The van der Waals surface area contributed by atoms with Crippen molar-refractivity contribution in [1.29, 1.82) is 0 Å². The molecule has 0 spiro atoms. The molecule has 0 unspecified atom stereocenters. The van der Waals surface area contributed by atoms with E-state index < -0.39 is 4.92 Å². The van der Waals surface area contributed by atoms with Crippen LogP contribution in [0.15, 0.2) is 95.4 Å². The first-order chi connectivity index (χ1) is 16.6. The first kappa shape index (κ1) is 22.3. The lowest BCUT2D eigenvalue weighted by molar-refractivity contribution is -0.383. The van der Waals surface area contributed by atoms with E-state index in [1.807, 2.05) is 43.3 Å². The first-order valence-electron chi connectivity index (χ1n) is 10.5. The summed E-state index contributed by atoms with van der Waals surface area (Å²) in [6.07, 6.45) is 1.25. The Morgan fingerprint density at radius 2 is 1.47 bits per heavy atom. The predicted molar refractivity (Wildman–Crippen MR) is 130 cm³/mol. The Labute approximate surface area is 195 Å². The second-order valence-corrected chi connectivity index (χ2v) is 6.94. The van der Waals surface area contributed by atoms with Crippen LogP contribution >= 0.6 is 0 Å². The van der Waals surface area contributed by atoms with Crippen molar-refractivity contribution in [3.05, 3.63) is 95.3 Å². The smallest absolute Gasteiger partial charge is 0.353 e. The Kier molecular flexibility index (Phi) is 6.99. The highest BCUT2D eigenvalue weighted by atomic mass is 16.6. The van der Waals surface area contributed by atoms with Gasteiger partial charge in [-0.15, -0.1) is 0 Å². The van der Waals surface area contributed by atoms with Gasteiger partial charge in [0, 0.05) is 5.69 Å². The van der Waals surface area contributed by atoms with E-state index in [0.29, 0.717) is 29.4 Å². The van der Waals surface area contributed by atoms with Gasteiger partial charge in [0.25, 0.3) is 0 Å². The lowest BCUT2D eigenvalue weighted by Crippen LogP contribution is -2.06. The summed E-state index contributed by atoms with van der Waals surface area (Å²) in [5.74, 6) is 0.658. The predicted octanol–water partition coefficient (Wildman–Crippen LogP) is 6.69. The molecule has 34 heavy (non-hydrogen) atoms. The van der Waals surface area contributed by atoms with E-state index in [-0.39, 0.29) is 17.3 Å². The number of aromatic nitrogens is 2. The lowest BCUT2D eigenvalue weighted by atomic mass is 10.2. The van der Waals surface area contributed by atoms with Crippen LogP contribution in [0.5, 0.6) is 5.75 Å². The van der Waals surface area contributed by atoms with Crippen molar-refractivity contribution < 1.29 is 9.66 Å². The van der Waals surface area contributed by atoms with Gasteiger partial charge >= 0.3 is 5.69 Å². The Morgan fingerprint density at radius 3 is 2.15 bits per heavy atom. The summed E-state index contributed by atoms with van der Waals surface area (Å²) < 4.78 is 5.59. The van der Waals surface area contributed by atoms with E-state index in [9.17, 15) is 10.1 Å². The van der Waals surface area contributed by atoms with Crippen molar-refractivity contribution in [1.82, 2.24) is 9.97 Å². The minimum Gasteiger partial charge on any atom is -0.492 e. The van der Waals surface area contributed by atoms with E-state index in [0.717, 1.165) is 5.69 Å². The van der Waals surface area contributed by atoms with Crippen LogP contribution in [0, 0.1) is 10.1 Å². The van der Waals surface area contributed by atoms with E-state index in [4.69, 9.17) is 4.74 Å². The van der Waals surface area contributed by atoms with Gasteiger partial charge in [0.05, 0.1) is 28.6 Å². The number of benzene rings is 3. The molecule has 2 N–H and O–H groups in total. The summed E-state index contributed by atoms with van der Waals surface area (Å²) in [7, 11) is 0. The summed E-state index contributed by atoms with van der Waals surface area (Å²) in [6, 6.07) is 23.5. The van der Waals surface area contributed by atoms with Crippen LogP contribution in [-0.4, -0.2) is 21.5 Å². The highest BCUT2D eigenvalue weighted by Crippen LogP contribution is 2.35. The van der Waals surface area contributed by atoms with Crippen LogP contribution in [-0.2, 0) is 0 Å². The average molecular weight is 455 g/mol. The van der Waals surface area contributed by atoms with Crippen LogP contribution < -0.4 is 15.4 Å². The van der Waals surface area contributed by atoms with Crippen molar-refractivity contribution in [2.75, 3.05) is 17.2 Å². The van der Waals surface area contributed by atoms with Crippen molar-refractivity contribution >= 4 is 40.1 Å². The number of azo groups is 1. The molecule has 4 aromatic rings. The maximum absolute atomic E-state index is 11.9. The van der Waals surface area contributed by atoms with Gasteiger partial charge in [0.15, 0.2) is 0 Å². The van der Waals surface area contributed by atoms with Gasteiger partial charge in [-0.1, -0.05) is 30.3 Å². The maximum Gasteiger partial charge on any atom is 0.353 e. The van der Waals surface area contributed by atoms with Crippen molar-refractivity contribution in [2.24, 2.45) is 10.2 Å². The van der Waals surface area contributed by atoms with Gasteiger partial charge in [-0.2, -0.15) is 10.2 Å². The normalized spacial score (nSPS) is 10.7. The standard InChI is InChI=1S/C24H21N7O3/c1-2-34-21-11-7-6-10-20(21)28-24-22(31(32)33)23(25-16-26-24)27-17-12-14-19(15-13-17)30-29-18-8-4-3-5-9-18/h3-16H,2H2,1H3,(H2,25,26,27,28). The van der Waals surface area contributed by atoms with E-state index >= 15 is 0 Å². The van der Waals surface area contributed by atoms with Crippen LogP contribution in [0.1, 0.15) is 6.92 Å². The topological polar surface area (TPSA) is 127 Å². The van der Waals surface area contributed by atoms with Crippen molar-refractivity contribution in [3.8, 4) is 5.75 Å². The van der Waals surface area contributed by atoms with E-state index in [2.05, 4.69) is 30.8 Å². The number of anilines is 4. The van der Waals surface area contributed by atoms with Crippen LogP contribution in [0.4, 0.5) is 40.1 Å². The van der Waals surface area contributed by atoms with Gasteiger partial charge in [-0.05, 0) is 55.5 Å². The molecule has 0 atom stereocenters. The minimum atomic E-state index is -0.531. The van der Waals surface area contributed by atoms with E-state index in [1.54, 1.807) is 42.5 Å². The van der Waals surface area contributed by atoms with Gasteiger partial charge in [-0.25, -0.2) is 9.97 Å². The number of nitrogens with one attached hydrogen (secondary N) is 2. The zero-order valence-electron chi connectivity index (χ0n) is 18.3. The highest BCUT2D eigenvalue weighted by molar-refractivity contribution is 5.78. The molecule has 0 aliphatic heterocycles. The Bertz CT molecular complexity index is 1300. The zero-order valence-corrected chi connectivity index (χ0v) is 18.3. The largest absolute Gasteiger partial charge is 0.492 e. The number of para-hydroxylation sites is 2. The second kappa shape index (κ2) is 10.6. The molecule has 0 fully saturated rings. The van der Waals surface area contributed by atoms with Crippen LogP contribution in [0.3, 0.4) is 0 Å². The van der Waals surface area contributed by atoms with Gasteiger partial charge in [0.1, 0.15) is 12.1 Å². The summed E-state index contributed by atoms with van der Waals surface area (Å²) in [5.41, 5.74) is 2.25. The fraction of sp³-hybridized carbons (Fsp3) is 0.0833. The quantitative estimate of drug-likeness (QED) is 0.164. The summed E-state index contributed by atoms with van der Waals surface area (Å²) in [6.45, 7) is 2.32. The van der Waals surface area contributed by atoms with Crippen molar-refractivity contribution in [3.63, 3.8) is 0 Å². The molecule has 0 aliphatic rings. The summed E-state index contributed by atoms with van der Waals surface area (Å²) in [5, 5.41) is 26.2. The Morgan fingerprint density at radius 1 is 0.853 bits per heavy atom. The number of hydrogen-bond donors (Lipinski definition) is 2. The number of rotatable bonds is 9. The summed E-state index contributed by atoms with van der Waals surface area (Å²) >= 11 is 0. The molecule has 0 radical (unpaired) electrons. The monoisotopic (exact) mass is 455 g/mol. The molecule has 10 nitrogen and oxygen atoms in total. The molecule has 0 bridgehead atoms. The van der Waals surface area contributed by atoms with Gasteiger partial charge in [-0.3, -0.25) is 10.1 Å². The zero-order chi connectivity index (χ0) is 23.8. The van der Waals surface area contributed by atoms with Crippen LogP contribution in [0.2, 0.25) is 0 Å². The third-order valence-electron chi connectivity index (χ3n) is 4.61. The molecule has 4 rings (SSSR count). The molecule has 3 aromatic carbocycles. The third-order valence-corrected chi connectivity index (χ3v) is 4.61. The molecule has 1 aromatic heterocycles. The molecule has 0 aliphatic carbocycles. The number of nitro groups is 1. The molecule has 1 heterocycles. The molecular formula is C24H21N7O3. The lowest BCUT2D eigenvalue weighted by Gasteiger charge is -2.13. The number of ether oxygens (including phenoxy) is 1. The Balaban J connectivity index is 1.56. The highest BCUT2D eigenvalue weighted by Gasteiger charge is 2.24. The molecule has 0 saturated carbocycles. The van der Waals surface area contributed by atoms with Crippen molar-refractivity contribution in [2.45, 2.75) is 6.92 Å². The number of hydrogen-bond acceptors (Lipinski definition) is 9. The van der Waals surface area contributed by atoms with Gasteiger partial charge < -0.3 is 15.4 Å². The molecule has 170 valence electrons. The Hall–Kier alpha value is -4.86. The SMILES string of the molecule is CCOc1ccccc1Nc1ncnc(Nc2ccc(N=Nc3ccccc3)cc2)c1[N+](=O)[O-]. The maximum atomic E-state index is 11.9. The molecule has 10 heteroatoms. The fourth-order valence-corrected chi connectivity index (χ4v) is 3.07. The van der Waals surface area contributed by atoms with Crippen LogP contribution in [0.25, 0.3) is 0 Å². The van der Waals surface area contributed by atoms with E-state index in [1.165, 1.54) is 6.33 Å². The average Bonchev–Trinajstić information content (AvgIpc) is 2.85. The summed E-state index contributed by atoms with van der Waals surface area (Å²) in [4.78, 5) is 19.5. The molecule has 0 amide bonds. The molecular weight excluding hydrogens is 434 g/mol. The molecule has 0 saturated heterocycles. The second-order valence-electron chi connectivity index (χ2n) is 6.94.